The molecule has 0 spiro atoms. The summed E-state index contributed by atoms with van der Waals surface area (Å²) in [5, 5.41) is 2.68. The first kappa shape index (κ1) is 13.2. The number of amides is 1. The average molecular weight is 383 g/mol. The molecule has 0 aliphatic carbocycles. The zero-order valence-electron chi connectivity index (χ0n) is 10.1. The lowest BCUT2D eigenvalue weighted by Crippen LogP contribution is -2.04. The Kier molecular flexibility index (Phi) is 3.29. The fourth-order valence-corrected chi connectivity index (χ4v) is 2.59. The SMILES string of the molecule is O=C1Nc2ccc(I)cc2C1=Cc1c(F)cccc1F. The third kappa shape index (κ3) is 2.22. The molecule has 2 aromatic carbocycles. The molecule has 1 aliphatic rings. The molecule has 1 aliphatic heterocycles. The highest BCUT2D eigenvalue weighted by Gasteiger charge is 2.25. The van der Waals surface area contributed by atoms with E-state index in [0.717, 1.165) is 15.7 Å². The number of carbonyl (C=O) groups excluding carboxylic acids is 1. The highest BCUT2D eigenvalue weighted by molar-refractivity contribution is 14.1. The molecule has 100 valence electrons. The molecule has 5 heteroatoms. The highest BCUT2D eigenvalue weighted by atomic mass is 127. The minimum atomic E-state index is -0.690. The molecule has 0 saturated carbocycles. The molecule has 0 atom stereocenters. The largest absolute Gasteiger partial charge is 0.321 e. The van der Waals surface area contributed by atoms with Crippen LogP contribution >= 0.6 is 22.6 Å². The van der Waals surface area contributed by atoms with E-state index in [1.807, 2.05) is 6.07 Å². The number of hydrogen-bond acceptors (Lipinski definition) is 1. The summed E-state index contributed by atoms with van der Waals surface area (Å²) in [5.41, 5.74) is 1.37. The van der Waals surface area contributed by atoms with Crippen LogP contribution in [0, 0.1) is 15.2 Å². The fourth-order valence-electron chi connectivity index (χ4n) is 2.10. The van der Waals surface area contributed by atoms with Crippen molar-refractivity contribution >= 4 is 45.8 Å². The molecule has 0 radical (unpaired) electrons. The molecular formula is C15H8F2INO. The normalized spacial score (nSPS) is 15.3. The maximum atomic E-state index is 13.7. The lowest BCUT2D eigenvalue weighted by atomic mass is 10.0. The number of halogens is 3. The van der Waals surface area contributed by atoms with E-state index in [1.165, 1.54) is 12.1 Å². The minimum absolute atomic E-state index is 0.204. The summed E-state index contributed by atoms with van der Waals surface area (Å²) < 4.78 is 28.3. The molecule has 0 aromatic heterocycles. The van der Waals surface area contributed by atoms with E-state index < -0.39 is 11.6 Å². The summed E-state index contributed by atoms with van der Waals surface area (Å²) in [6.45, 7) is 0. The summed E-state index contributed by atoms with van der Waals surface area (Å²) in [5.74, 6) is -1.74. The van der Waals surface area contributed by atoms with Crippen LogP contribution in [-0.2, 0) is 4.79 Å². The lowest BCUT2D eigenvalue weighted by molar-refractivity contribution is -0.110. The van der Waals surface area contributed by atoms with Gasteiger partial charge in [-0.15, -0.1) is 0 Å². The molecule has 1 N–H and O–H groups in total. The molecule has 0 saturated heterocycles. The maximum absolute atomic E-state index is 13.7. The molecule has 2 nitrogen and oxygen atoms in total. The zero-order chi connectivity index (χ0) is 14.3. The van der Waals surface area contributed by atoms with Gasteiger partial charge in [0.05, 0.1) is 0 Å². The van der Waals surface area contributed by atoms with E-state index in [0.29, 0.717) is 11.3 Å². The summed E-state index contributed by atoms with van der Waals surface area (Å²) in [6, 6.07) is 9.05. The Morgan fingerprint density at radius 1 is 1.10 bits per heavy atom. The van der Waals surface area contributed by atoms with E-state index in [1.54, 1.807) is 12.1 Å². The van der Waals surface area contributed by atoms with Crippen LogP contribution < -0.4 is 5.32 Å². The second kappa shape index (κ2) is 4.97. The van der Waals surface area contributed by atoms with Crippen LogP contribution in [0.5, 0.6) is 0 Å². The standard InChI is InChI=1S/C15H8F2INO/c16-12-2-1-3-13(17)11(12)7-10-9-6-8(18)4-5-14(9)19-15(10)20/h1-7H,(H,19,20). The minimum Gasteiger partial charge on any atom is -0.321 e. The van der Waals surface area contributed by atoms with Crippen molar-refractivity contribution in [3.8, 4) is 0 Å². The second-order valence-corrected chi connectivity index (χ2v) is 5.58. The van der Waals surface area contributed by atoms with Gasteiger partial charge in [0.1, 0.15) is 11.6 Å². The van der Waals surface area contributed by atoms with Crippen LogP contribution in [0.2, 0.25) is 0 Å². The summed E-state index contributed by atoms with van der Waals surface area (Å²) in [7, 11) is 0. The Balaban J connectivity index is 2.18. The Hall–Kier alpha value is -1.76. The van der Waals surface area contributed by atoms with Crippen LogP contribution in [-0.4, -0.2) is 5.91 Å². The molecular weight excluding hydrogens is 375 g/mol. The molecule has 20 heavy (non-hydrogen) atoms. The predicted molar refractivity (Wildman–Crippen MR) is 82.0 cm³/mol. The van der Waals surface area contributed by atoms with Gasteiger partial charge in [0, 0.05) is 26.0 Å². The van der Waals surface area contributed by atoms with E-state index in [4.69, 9.17) is 0 Å². The van der Waals surface area contributed by atoms with Crippen molar-refractivity contribution in [1.82, 2.24) is 0 Å². The quantitative estimate of drug-likeness (QED) is 0.584. The van der Waals surface area contributed by atoms with Crippen LogP contribution in [0.25, 0.3) is 11.6 Å². The molecule has 0 bridgehead atoms. The maximum Gasteiger partial charge on any atom is 0.256 e. The first-order valence-electron chi connectivity index (χ1n) is 5.83. The fraction of sp³-hybridized carbons (Fsp3) is 0. The predicted octanol–water partition coefficient (Wildman–Crippen LogP) is 4.06. The highest BCUT2D eigenvalue weighted by Crippen LogP contribution is 2.34. The second-order valence-electron chi connectivity index (χ2n) is 4.34. The smallest absolute Gasteiger partial charge is 0.256 e. The van der Waals surface area contributed by atoms with Gasteiger partial charge in [-0.25, -0.2) is 8.78 Å². The monoisotopic (exact) mass is 383 g/mol. The topological polar surface area (TPSA) is 29.1 Å². The van der Waals surface area contributed by atoms with Crippen molar-refractivity contribution < 1.29 is 13.6 Å². The van der Waals surface area contributed by atoms with Crippen LogP contribution in [0.1, 0.15) is 11.1 Å². The summed E-state index contributed by atoms with van der Waals surface area (Å²) >= 11 is 2.12. The van der Waals surface area contributed by atoms with E-state index in [-0.39, 0.29) is 17.0 Å². The number of carbonyl (C=O) groups is 1. The van der Waals surface area contributed by atoms with Gasteiger partial charge in [-0.1, -0.05) is 6.07 Å². The van der Waals surface area contributed by atoms with Crippen LogP contribution in [0.4, 0.5) is 14.5 Å². The number of hydrogen-bond donors (Lipinski definition) is 1. The van der Waals surface area contributed by atoms with Gasteiger partial charge in [0.25, 0.3) is 5.91 Å². The zero-order valence-corrected chi connectivity index (χ0v) is 12.2. The Morgan fingerprint density at radius 3 is 2.50 bits per heavy atom. The molecule has 1 heterocycles. The van der Waals surface area contributed by atoms with Gasteiger partial charge in [-0.2, -0.15) is 0 Å². The Morgan fingerprint density at radius 2 is 1.80 bits per heavy atom. The number of anilines is 1. The van der Waals surface area contributed by atoms with Crippen LogP contribution in [0.15, 0.2) is 36.4 Å². The summed E-state index contributed by atoms with van der Waals surface area (Å²) in [4.78, 5) is 11.9. The Bertz CT molecular complexity index is 735. The van der Waals surface area contributed by atoms with Crippen LogP contribution in [0.3, 0.4) is 0 Å². The van der Waals surface area contributed by atoms with E-state index in [2.05, 4.69) is 27.9 Å². The number of rotatable bonds is 1. The molecule has 0 fully saturated rings. The lowest BCUT2D eigenvalue weighted by Gasteiger charge is -2.02. The number of nitrogens with one attached hydrogen (secondary N) is 1. The third-order valence-electron chi connectivity index (χ3n) is 3.05. The summed E-state index contributed by atoms with van der Waals surface area (Å²) in [6.07, 6.45) is 1.25. The number of benzene rings is 2. The van der Waals surface area contributed by atoms with E-state index in [9.17, 15) is 13.6 Å². The molecule has 0 unspecified atom stereocenters. The average Bonchev–Trinajstić information content (AvgIpc) is 2.70. The van der Waals surface area contributed by atoms with Crippen molar-refractivity contribution in [2.45, 2.75) is 0 Å². The molecule has 1 amide bonds. The molecule has 2 aromatic rings. The third-order valence-corrected chi connectivity index (χ3v) is 3.72. The van der Waals surface area contributed by atoms with Crippen molar-refractivity contribution in [2.75, 3.05) is 5.32 Å². The van der Waals surface area contributed by atoms with Gasteiger partial charge in [0.15, 0.2) is 0 Å². The Labute approximate surface area is 127 Å². The molecule has 3 rings (SSSR count). The van der Waals surface area contributed by atoms with Gasteiger partial charge >= 0.3 is 0 Å². The first-order chi connectivity index (χ1) is 9.56. The number of fused-ring (bicyclic) bond motifs is 1. The van der Waals surface area contributed by atoms with Crippen molar-refractivity contribution in [2.24, 2.45) is 0 Å². The van der Waals surface area contributed by atoms with Crippen molar-refractivity contribution in [3.63, 3.8) is 0 Å². The van der Waals surface area contributed by atoms with Gasteiger partial charge < -0.3 is 5.32 Å². The van der Waals surface area contributed by atoms with Crippen molar-refractivity contribution in [1.29, 1.82) is 0 Å². The van der Waals surface area contributed by atoms with Gasteiger partial charge in [-0.3, -0.25) is 4.79 Å². The van der Waals surface area contributed by atoms with Gasteiger partial charge in [0.2, 0.25) is 0 Å². The van der Waals surface area contributed by atoms with Gasteiger partial charge in [-0.05, 0) is 59.0 Å². The first-order valence-corrected chi connectivity index (χ1v) is 6.91. The van der Waals surface area contributed by atoms with Crippen molar-refractivity contribution in [3.05, 3.63) is 62.7 Å². The van der Waals surface area contributed by atoms with E-state index >= 15 is 0 Å².